The van der Waals surface area contributed by atoms with E-state index in [1.807, 2.05) is 6.92 Å². The van der Waals surface area contributed by atoms with Crippen molar-refractivity contribution in [3.8, 4) is 5.75 Å². The fourth-order valence-electron chi connectivity index (χ4n) is 1.47. The van der Waals surface area contributed by atoms with Crippen LogP contribution in [0.3, 0.4) is 0 Å². The van der Waals surface area contributed by atoms with Gasteiger partial charge >= 0.3 is 0 Å². The van der Waals surface area contributed by atoms with E-state index in [0.29, 0.717) is 12.4 Å². The first-order valence-electron chi connectivity index (χ1n) is 5.05. The number of hydrogen-bond acceptors (Lipinski definition) is 3. The second kappa shape index (κ2) is 5.10. The van der Waals surface area contributed by atoms with Crippen LogP contribution in [0.4, 0.5) is 0 Å². The molecule has 0 fully saturated rings. The van der Waals surface area contributed by atoms with E-state index in [0.717, 1.165) is 16.7 Å². The minimum absolute atomic E-state index is 0.0943. The molecular weight excluding hydrogens is 260 g/mol. The third kappa shape index (κ3) is 3.75. The molecule has 1 aromatic carbocycles. The molecular formula is C12H15ClO3S. The molecule has 5 heteroatoms. The fourth-order valence-corrected chi connectivity index (χ4v) is 2.38. The summed E-state index contributed by atoms with van der Waals surface area (Å²) in [6, 6.07) is 3.01. The van der Waals surface area contributed by atoms with Gasteiger partial charge in [0.1, 0.15) is 12.4 Å². The Bertz CT molecular complexity index is 524. The lowest BCUT2D eigenvalue weighted by atomic mass is 10.1. The van der Waals surface area contributed by atoms with Crippen molar-refractivity contribution in [1.82, 2.24) is 0 Å². The van der Waals surface area contributed by atoms with Gasteiger partial charge in [0.2, 0.25) is 0 Å². The van der Waals surface area contributed by atoms with Crippen molar-refractivity contribution in [3.05, 3.63) is 35.4 Å². The molecule has 0 aliphatic rings. The molecule has 0 aliphatic heterocycles. The largest absolute Gasteiger partial charge is 0.489 e. The molecule has 0 saturated heterocycles. The van der Waals surface area contributed by atoms with E-state index in [9.17, 15) is 8.42 Å². The third-order valence-corrected chi connectivity index (χ3v) is 3.51. The summed E-state index contributed by atoms with van der Waals surface area (Å²) in [5.74, 6) is 0.678. The number of benzene rings is 1. The Kier molecular flexibility index (Phi) is 4.22. The first kappa shape index (κ1) is 14.1. The van der Waals surface area contributed by atoms with Gasteiger partial charge in [-0.2, -0.15) is 0 Å². The highest BCUT2D eigenvalue weighted by molar-refractivity contribution is 8.13. The van der Waals surface area contributed by atoms with E-state index in [4.69, 9.17) is 15.4 Å². The van der Waals surface area contributed by atoms with Crippen molar-refractivity contribution in [2.24, 2.45) is 0 Å². The summed E-state index contributed by atoms with van der Waals surface area (Å²) in [4.78, 5) is 0.0943. The minimum atomic E-state index is -3.70. The molecule has 3 nitrogen and oxygen atoms in total. The molecule has 1 aromatic rings. The van der Waals surface area contributed by atoms with E-state index < -0.39 is 9.05 Å². The molecule has 0 heterocycles. The van der Waals surface area contributed by atoms with Crippen LogP contribution in [0.25, 0.3) is 0 Å². The SMILES string of the molecule is C=C(C)COc1c(C)cc(S(=O)(=O)Cl)cc1C. The zero-order chi connectivity index (χ0) is 13.2. The Morgan fingerprint density at radius 1 is 1.35 bits per heavy atom. The van der Waals surface area contributed by atoms with Crippen LogP contribution in [-0.4, -0.2) is 15.0 Å². The average molecular weight is 275 g/mol. The van der Waals surface area contributed by atoms with Crippen molar-refractivity contribution in [3.63, 3.8) is 0 Å². The van der Waals surface area contributed by atoms with Gasteiger partial charge in [-0.3, -0.25) is 0 Å². The van der Waals surface area contributed by atoms with Crippen LogP contribution in [0.1, 0.15) is 18.1 Å². The maximum Gasteiger partial charge on any atom is 0.261 e. The van der Waals surface area contributed by atoms with Gasteiger partial charge in [0.25, 0.3) is 9.05 Å². The Hall–Kier alpha value is -1.00. The van der Waals surface area contributed by atoms with E-state index in [1.54, 1.807) is 13.8 Å². The standard InChI is InChI=1S/C12H15ClO3S/c1-8(2)7-16-12-9(3)5-11(6-10(12)4)17(13,14)15/h5-6H,1,7H2,2-4H3. The monoisotopic (exact) mass is 274 g/mol. The lowest BCUT2D eigenvalue weighted by molar-refractivity contribution is 0.347. The van der Waals surface area contributed by atoms with Crippen LogP contribution in [0.2, 0.25) is 0 Å². The zero-order valence-electron chi connectivity index (χ0n) is 10.1. The van der Waals surface area contributed by atoms with Gasteiger partial charge in [0, 0.05) is 10.7 Å². The summed E-state index contributed by atoms with van der Waals surface area (Å²) in [7, 11) is 1.60. The van der Waals surface area contributed by atoms with Gasteiger partial charge in [0.15, 0.2) is 0 Å². The summed E-state index contributed by atoms with van der Waals surface area (Å²) in [6.45, 7) is 9.59. The predicted octanol–water partition coefficient (Wildman–Crippen LogP) is 3.19. The smallest absolute Gasteiger partial charge is 0.261 e. The number of rotatable bonds is 4. The number of ether oxygens (including phenoxy) is 1. The van der Waals surface area contributed by atoms with E-state index in [1.165, 1.54) is 12.1 Å². The summed E-state index contributed by atoms with van der Waals surface area (Å²) in [5, 5.41) is 0. The molecule has 0 saturated carbocycles. The summed E-state index contributed by atoms with van der Waals surface area (Å²) < 4.78 is 28.0. The Morgan fingerprint density at radius 2 is 1.82 bits per heavy atom. The van der Waals surface area contributed by atoms with E-state index >= 15 is 0 Å². The first-order chi connectivity index (χ1) is 7.71. The van der Waals surface area contributed by atoms with Crippen LogP contribution in [0, 0.1) is 13.8 Å². The highest BCUT2D eigenvalue weighted by Gasteiger charge is 2.14. The van der Waals surface area contributed by atoms with E-state index in [2.05, 4.69) is 6.58 Å². The number of aryl methyl sites for hydroxylation is 2. The van der Waals surface area contributed by atoms with Gasteiger partial charge < -0.3 is 4.74 Å². The zero-order valence-corrected chi connectivity index (χ0v) is 11.7. The molecule has 17 heavy (non-hydrogen) atoms. The molecule has 1 rings (SSSR count). The van der Waals surface area contributed by atoms with Gasteiger partial charge in [-0.05, 0) is 49.6 Å². The molecule has 0 N–H and O–H groups in total. The molecule has 94 valence electrons. The van der Waals surface area contributed by atoms with E-state index in [-0.39, 0.29) is 4.90 Å². The van der Waals surface area contributed by atoms with Crippen LogP contribution < -0.4 is 4.74 Å². The van der Waals surface area contributed by atoms with Crippen LogP contribution in [-0.2, 0) is 9.05 Å². The van der Waals surface area contributed by atoms with Crippen LogP contribution >= 0.6 is 10.7 Å². The van der Waals surface area contributed by atoms with Crippen molar-refractivity contribution < 1.29 is 13.2 Å². The highest BCUT2D eigenvalue weighted by atomic mass is 35.7. The van der Waals surface area contributed by atoms with Gasteiger partial charge in [0.05, 0.1) is 4.90 Å². The molecule has 0 unspecified atom stereocenters. The van der Waals surface area contributed by atoms with Crippen LogP contribution in [0.5, 0.6) is 5.75 Å². The molecule has 0 aliphatic carbocycles. The normalized spacial score (nSPS) is 11.3. The average Bonchev–Trinajstić information content (AvgIpc) is 2.14. The van der Waals surface area contributed by atoms with Crippen molar-refractivity contribution in [2.75, 3.05) is 6.61 Å². The maximum atomic E-state index is 11.2. The predicted molar refractivity (Wildman–Crippen MR) is 69.3 cm³/mol. The second-order valence-corrected chi connectivity index (χ2v) is 6.64. The summed E-state index contributed by atoms with van der Waals surface area (Å²) in [5.41, 5.74) is 2.38. The highest BCUT2D eigenvalue weighted by Crippen LogP contribution is 2.28. The van der Waals surface area contributed by atoms with Crippen LogP contribution in [0.15, 0.2) is 29.2 Å². The Balaban J connectivity index is 3.15. The molecule has 0 atom stereocenters. The van der Waals surface area contributed by atoms with Crippen molar-refractivity contribution in [2.45, 2.75) is 25.7 Å². The molecule has 0 radical (unpaired) electrons. The van der Waals surface area contributed by atoms with Gasteiger partial charge in [-0.25, -0.2) is 8.42 Å². The minimum Gasteiger partial charge on any atom is -0.489 e. The molecule has 0 spiro atoms. The first-order valence-corrected chi connectivity index (χ1v) is 7.36. The Morgan fingerprint density at radius 3 is 2.18 bits per heavy atom. The Labute approximate surface area is 106 Å². The van der Waals surface area contributed by atoms with Crippen molar-refractivity contribution in [1.29, 1.82) is 0 Å². The third-order valence-electron chi connectivity index (χ3n) is 2.18. The maximum absolute atomic E-state index is 11.2. The topological polar surface area (TPSA) is 43.4 Å². The van der Waals surface area contributed by atoms with Gasteiger partial charge in [-0.15, -0.1) is 0 Å². The second-order valence-electron chi connectivity index (χ2n) is 4.07. The molecule has 0 amide bonds. The molecule has 0 bridgehead atoms. The lowest BCUT2D eigenvalue weighted by Gasteiger charge is -2.13. The van der Waals surface area contributed by atoms with Gasteiger partial charge in [-0.1, -0.05) is 6.58 Å². The number of halogens is 1. The fraction of sp³-hybridized carbons (Fsp3) is 0.333. The number of hydrogen-bond donors (Lipinski definition) is 0. The van der Waals surface area contributed by atoms with Crippen molar-refractivity contribution >= 4 is 19.7 Å². The molecule has 0 aromatic heterocycles. The quantitative estimate of drug-likeness (QED) is 0.626. The lowest BCUT2D eigenvalue weighted by Crippen LogP contribution is -2.02. The summed E-state index contributed by atoms with van der Waals surface area (Å²) in [6.07, 6.45) is 0. The summed E-state index contributed by atoms with van der Waals surface area (Å²) >= 11 is 0.